The number of amidine groups is 1. The highest BCUT2D eigenvalue weighted by molar-refractivity contribution is 7.92. The molecule has 1 aliphatic heterocycles. The predicted octanol–water partition coefficient (Wildman–Crippen LogP) is 2.23. The van der Waals surface area contributed by atoms with Gasteiger partial charge in [-0.25, -0.2) is 8.42 Å². The zero-order valence-corrected chi connectivity index (χ0v) is 12.8. The van der Waals surface area contributed by atoms with Crippen LogP contribution in [0.25, 0.3) is 0 Å². The third kappa shape index (κ3) is 3.28. The third-order valence-corrected chi connectivity index (χ3v) is 4.74. The van der Waals surface area contributed by atoms with Gasteiger partial charge in [0.05, 0.1) is 4.90 Å². The highest BCUT2D eigenvalue weighted by Gasteiger charge is 2.14. The molecule has 114 valence electrons. The summed E-state index contributed by atoms with van der Waals surface area (Å²) in [6.45, 7) is 1.68. The van der Waals surface area contributed by atoms with Crippen LogP contribution in [0.4, 0.5) is 5.69 Å². The van der Waals surface area contributed by atoms with E-state index in [0.717, 1.165) is 30.9 Å². The summed E-state index contributed by atoms with van der Waals surface area (Å²) >= 11 is 0. The fourth-order valence-electron chi connectivity index (χ4n) is 2.27. The van der Waals surface area contributed by atoms with Crippen LogP contribution in [0.3, 0.4) is 0 Å². The number of hydrogen-bond acceptors (Lipinski definition) is 4. The molecule has 0 spiro atoms. The maximum atomic E-state index is 12.3. The lowest BCUT2D eigenvalue weighted by Gasteiger charge is -2.15. The lowest BCUT2D eigenvalue weighted by Crippen LogP contribution is -2.30. The Balaban J connectivity index is 1.86. The second-order valence-electron chi connectivity index (χ2n) is 5.01. The van der Waals surface area contributed by atoms with Gasteiger partial charge in [-0.1, -0.05) is 30.3 Å². The standard InChI is InChI=1S/C16H17N3O2S/c20-22(21,15-8-2-1-3-9-15)19-14-7-4-6-13(12-14)16-17-10-5-11-18-16/h1-4,6-9,12,19H,5,10-11H2,(H,17,18). The summed E-state index contributed by atoms with van der Waals surface area (Å²) in [5.41, 5.74) is 1.41. The van der Waals surface area contributed by atoms with Crippen molar-refractivity contribution in [2.75, 3.05) is 17.8 Å². The molecule has 0 amide bonds. The molecule has 0 fully saturated rings. The van der Waals surface area contributed by atoms with E-state index in [1.54, 1.807) is 42.5 Å². The number of rotatable bonds is 4. The van der Waals surface area contributed by atoms with Crippen LogP contribution in [0, 0.1) is 0 Å². The molecular formula is C16H17N3O2S. The highest BCUT2D eigenvalue weighted by Crippen LogP contribution is 2.17. The van der Waals surface area contributed by atoms with Crippen LogP contribution in [0.1, 0.15) is 12.0 Å². The zero-order chi connectivity index (χ0) is 15.4. The molecule has 2 N–H and O–H groups in total. The fraction of sp³-hybridized carbons (Fsp3) is 0.188. The Hall–Kier alpha value is -2.34. The molecule has 0 saturated carbocycles. The Bertz CT molecular complexity index is 786. The van der Waals surface area contributed by atoms with E-state index in [0.29, 0.717) is 5.69 Å². The molecule has 0 bridgehead atoms. The van der Waals surface area contributed by atoms with Crippen molar-refractivity contribution in [1.29, 1.82) is 0 Å². The molecule has 0 saturated heterocycles. The summed E-state index contributed by atoms with van der Waals surface area (Å²) in [5.74, 6) is 0.812. The average molecular weight is 315 g/mol. The number of nitrogens with zero attached hydrogens (tertiary/aromatic N) is 1. The number of aliphatic imine (C=N–C) groups is 1. The minimum absolute atomic E-state index is 0.244. The van der Waals surface area contributed by atoms with Crippen LogP contribution >= 0.6 is 0 Å². The Labute approximate surface area is 130 Å². The first-order chi connectivity index (χ1) is 10.6. The van der Waals surface area contributed by atoms with E-state index in [4.69, 9.17) is 0 Å². The van der Waals surface area contributed by atoms with E-state index in [-0.39, 0.29) is 4.90 Å². The van der Waals surface area contributed by atoms with Crippen LogP contribution in [-0.2, 0) is 10.0 Å². The quantitative estimate of drug-likeness (QED) is 0.909. The number of nitrogens with one attached hydrogen (secondary N) is 2. The molecule has 0 atom stereocenters. The topological polar surface area (TPSA) is 70.6 Å². The van der Waals surface area contributed by atoms with Crippen molar-refractivity contribution in [1.82, 2.24) is 5.32 Å². The van der Waals surface area contributed by atoms with Gasteiger partial charge >= 0.3 is 0 Å². The summed E-state index contributed by atoms with van der Waals surface area (Å²) in [6, 6.07) is 15.6. The van der Waals surface area contributed by atoms with E-state index in [1.165, 1.54) is 0 Å². The first-order valence-corrected chi connectivity index (χ1v) is 8.60. The predicted molar refractivity (Wildman–Crippen MR) is 87.7 cm³/mol. The fourth-order valence-corrected chi connectivity index (χ4v) is 3.34. The van der Waals surface area contributed by atoms with E-state index < -0.39 is 10.0 Å². The zero-order valence-electron chi connectivity index (χ0n) is 12.0. The van der Waals surface area contributed by atoms with Crippen LogP contribution < -0.4 is 10.0 Å². The second-order valence-corrected chi connectivity index (χ2v) is 6.69. The van der Waals surface area contributed by atoms with Crippen molar-refractivity contribution in [3.63, 3.8) is 0 Å². The first kappa shape index (κ1) is 14.6. The smallest absolute Gasteiger partial charge is 0.261 e. The molecule has 1 aliphatic rings. The van der Waals surface area contributed by atoms with E-state index >= 15 is 0 Å². The molecule has 6 heteroatoms. The van der Waals surface area contributed by atoms with E-state index in [1.807, 2.05) is 12.1 Å². The molecular weight excluding hydrogens is 298 g/mol. The van der Waals surface area contributed by atoms with Crippen molar-refractivity contribution in [3.05, 3.63) is 60.2 Å². The van der Waals surface area contributed by atoms with Crippen LogP contribution in [0.15, 0.2) is 64.5 Å². The molecule has 1 heterocycles. The van der Waals surface area contributed by atoms with Gasteiger partial charge in [-0.05, 0) is 30.7 Å². The Kier molecular flexibility index (Phi) is 4.11. The molecule has 2 aromatic rings. The summed E-state index contributed by atoms with van der Waals surface area (Å²) < 4.78 is 27.3. The normalized spacial score (nSPS) is 14.8. The molecule has 0 unspecified atom stereocenters. The van der Waals surface area contributed by atoms with Gasteiger partial charge in [-0.2, -0.15) is 0 Å². The van der Waals surface area contributed by atoms with E-state index in [9.17, 15) is 8.42 Å². The third-order valence-electron chi connectivity index (χ3n) is 3.34. The number of hydrogen-bond donors (Lipinski definition) is 2. The van der Waals surface area contributed by atoms with Gasteiger partial charge in [-0.3, -0.25) is 9.71 Å². The van der Waals surface area contributed by atoms with E-state index in [2.05, 4.69) is 15.0 Å². The van der Waals surface area contributed by atoms with Gasteiger partial charge < -0.3 is 5.32 Å². The maximum absolute atomic E-state index is 12.3. The SMILES string of the molecule is O=S(=O)(Nc1cccc(C2=NCCCN2)c1)c1ccccc1. The molecule has 0 aliphatic carbocycles. The summed E-state index contributed by atoms with van der Waals surface area (Å²) in [4.78, 5) is 4.67. The molecule has 2 aromatic carbocycles. The average Bonchev–Trinajstić information content (AvgIpc) is 2.56. The number of benzene rings is 2. The van der Waals surface area contributed by atoms with Crippen LogP contribution in [-0.4, -0.2) is 27.3 Å². The van der Waals surface area contributed by atoms with Gasteiger partial charge in [-0.15, -0.1) is 0 Å². The van der Waals surface area contributed by atoms with Gasteiger partial charge in [0.2, 0.25) is 0 Å². The monoisotopic (exact) mass is 315 g/mol. The first-order valence-electron chi connectivity index (χ1n) is 7.12. The molecule has 0 radical (unpaired) electrons. The minimum Gasteiger partial charge on any atom is -0.370 e. The van der Waals surface area contributed by atoms with Gasteiger partial charge in [0, 0.05) is 24.3 Å². The summed E-state index contributed by atoms with van der Waals surface area (Å²) in [5, 5.41) is 3.23. The van der Waals surface area contributed by atoms with Crippen molar-refractivity contribution in [2.24, 2.45) is 4.99 Å². The number of anilines is 1. The van der Waals surface area contributed by atoms with Crippen molar-refractivity contribution in [2.45, 2.75) is 11.3 Å². The lowest BCUT2D eigenvalue weighted by atomic mass is 10.1. The summed E-state index contributed by atoms with van der Waals surface area (Å²) in [6.07, 6.45) is 1.02. The largest absolute Gasteiger partial charge is 0.370 e. The summed E-state index contributed by atoms with van der Waals surface area (Å²) in [7, 11) is -3.57. The maximum Gasteiger partial charge on any atom is 0.261 e. The second kappa shape index (κ2) is 6.19. The molecule has 0 aromatic heterocycles. The van der Waals surface area contributed by atoms with Gasteiger partial charge in [0.15, 0.2) is 0 Å². The number of sulfonamides is 1. The van der Waals surface area contributed by atoms with Crippen molar-refractivity contribution in [3.8, 4) is 0 Å². The molecule has 5 nitrogen and oxygen atoms in total. The van der Waals surface area contributed by atoms with Gasteiger partial charge in [0.25, 0.3) is 10.0 Å². The molecule has 22 heavy (non-hydrogen) atoms. The van der Waals surface area contributed by atoms with Crippen molar-refractivity contribution >= 4 is 21.5 Å². The van der Waals surface area contributed by atoms with Crippen LogP contribution in [0.5, 0.6) is 0 Å². The molecule has 3 rings (SSSR count). The van der Waals surface area contributed by atoms with Crippen molar-refractivity contribution < 1.29 is 8.42 Å². The highest BCUT2D eigenvalue weighted by atomic mass is 32.2. The Morgan fingerprint density at radius 1 is 1.05 bits per heavy atom. The van der Waals surface area contributed by atoms with Gasteiger partial charge in [0.1, 0.15) is 5.84 Å². The van der Waals surface area contributed by atoms with Crippen LogP contribution in [0.2, 0.25) is 0 Å². The Morgan fingerprint density at radius 2 is 1.86 bits per heavy atom. The lowest BCUT2D eigenvalue weighted by molar-refractivity contribution is 0.601. The minimum atomic E-state index is -3.57. The Morgan fingerprint density at radius 3 is 2.59 bits per heavy atom.